The van der Waals surface area contributed by atoms with E-state index in [9.17, 15) is 0 Å². The Bertz CT molecular complexity index is 640. The summed E-state index contributed by atoms with van der Waals surface area (Å²) in [7, 11) is 0. The van der Waals surface area contributed by atoms with Gasteiger partial charge in [-0.05, 0) is 37.5 Å². The largest absolute Gasteiger partial charge is 0.360 e. The van der Waals surface area contributed by atoms with Crippen molar-refractivity contribution < 1.29 is 0 Å². The number of hydrogen-bond acceptors (Lipinski definition) is 2. The third kappa shape index (κ3) is 1.75. The molecule has 2 aromatic rings. The number of nitrogens with two attached hydrogens (primary N) is 1. The van der Waals surface area contributed by atoms with E-state index in [1.54, 1.807) is 6.20 Å². The summed E-state index contributed by atoms with van der Waals surface area (Å²) < 4.78 is 0. The van der Waals surface area contributed by atoms with Crippen molar-refractivity contribution in [2.75, 3.05) is 0 Å². The van der Waals surface area contributed by atoms with Crippen LogP contribution in [-0.2, 0) is 5.41 Å². The van der Waals surface area contributed by atoms with Gasteiger partial charge in [0.05, 0.1) is 5.56 Å². The lowest BCUT2D eigenvalue weighted by Gasteiger charge is -2.34. The molecule has 19 heavy (non-hydrogen) atoms. The molecule has 0 radical (unpaired) electrons. The molecule has 0 spiro atoms. The Morgan fingerprint density at radius 1 is 1.37 bits per heavy atom. The van der Waals surface area contributed by atoms with Gasteiger partial charge in [0.25, 0.3) is 0 Å². The van der Waals surface area contributed by atoms with Crippen LogP contribution in [0.4, 0.5) is 0 Å². The minimum Gasteiger partial charge on any atom is -0.360 e. The first kappa shape index (κ1) is 12.3. The monoisotopic (exact) mass is 253 g/mol. The minimum atomic E-state index is 0.0954. The van der Waals surface area contributed by atoms with Gasteiger partial charge in [0, 0.05) is 28.6 Å². The van der Waals surface area contributed by atoms with Crippen LogP contribution in [0.3, 0.4) is 0 Å². The maximum absolute atomic E-state index is 9.16. The summed E-state index contributed by atoms with van der Waals surface area (Å²) in [6.07, 6.45) is 6.59. The standard InChI is InChI=1S/C16H19N3/c1-11(18)16(6-2-3-7-16)13-4-5-15-14(8-13)12(9-17)10-19-15/h4-5,8,10-11,19H,2-3,6-7,18H2,1H3. The summed E-state index contributed by atoms with van der Waals surface area (Å²) in [5, 5.41) is 10.2. The lowest BCUT2D eigenvalue weighted by atomic mass is 9.73. The third-order valence-electron chi connectivity index (χ3n) is 4.74. The number of aromatic amines is 1. The van der Waals surface area contributed by atoms with Crippen LogP contribution < -0.4 is 5.73 Å². The van der Waals surface area contributed by atoms with Crippen LogP contribution in [0, 0.1) is 11.3 Å². The molecule has 3 N–H and O–H groups in total. The van der Waals surface area contributed by atoms with Crippen LogP contribution in [-0.4, -0.2) is 11.0 Å². The molecule has 3 heteroatoms. The van der Waals surface area contributed by atoms with Crippen molar-refractivity contribution in [2.24, 2.45) is 5.73 Å². The molecule has 1 fully saturated rings. The molecule has 1 aromatic heterocycles. The summed E-state index contributed by atoms with van der Waals surface area (Å²) in [5.41, 5.74) is 9.42. The fourth-order valence-corrected chi connectivity index (χ4v) is 3.54. The van der Waals surface area contributed by atoms with Gasteiger partial charge < -0.3 is 10.7 Å². The highest BCUT2D eigenvalue weighted by Crippen LogP contribution is 2.44. The highest BCUT2D eigenvalue weighted by Gasteiger charge is 2.39. The molecule has 1 aromatic carbocycles. The predicted molar refractivity (Wildman–Crippen MR) is 76.8 cm³/mol. The quantitative estimate of drug-likeness (QED) is 0.863. The Balaban J connectivity index is 2.17. The van der Waals surface area contributed by atoms with Crippen molar-refractivity contribution >= 4 is 10.9 Å². The van der Waals surface area contributed by atoms with E-state index in [2.05, 4.69) is 36.2 Å². The average Bonchev–Trinajstić information content (AvgIpc) is 3.05. The van der Waals surface area contributed by atoms with E-state index in [-0.39, 0.29) is 11.5 Å². The summed E-state index contributed by atoms with van der Waals surface area (Å²) in [4.78, 5) is 3.14. The van der Waals surface area contributed by atoms with Gasteiger partial charge in [-0.1, -0.05) is 18.9 Å². The van der Waals surface area contributed by atoms with Crippen molar-refractivity contribution in [2.45, 2.75) is 44.1 Å². The number of aromatic nitrogens is 1. The van der Waals surface area contributed by atoms with Crippen molar-refractivity contribution in [3.63, 3.8) is 0 Å². The van der Waals surface area contributed by atoms with Gasteiger partial charge >= 0.3 is 0 Å². The fourth-order valence-electron chi connectivity index (χ4n) is 3.54. The molecule has 1 aliphatic carbocycles. The fraction of sp³-hybridized carbons (Fsp3) is 0.438. The van der Waals surface area contributed by atoms with Crippen LogP contribution >= 0.6 is 0 Å². The smallest absolute Gasteiger partial charge is 0.101 e. The van der Waals surface area contributed by atoms with E-state index in [0.29, 0.717) is 0 Å². The van der Waals surface area contributed by atoms with Crippen LogP contribution in [0.15, 0.2) is 24.4 Å². The third-order valence-corrected chi connectivity index (χ3v) is 4.74. The zero-order valence-corrected chi connectivity index (χ0v) is 11.2. The summed E-state index contributed by atoms with van der Waals surface area (Å²) in [5.74, 6) is 0. The second kappa shape index (κ2) is 4.40. The van der Waals surface area contributed by atoms with Gasteiger partial charge in [0.15, 0.2) is 0 Å². The van der Waals surface area contributed by atoms with Crippen molar-refractivity contribution in [3.8, 4) is 6.07 Å². The molecule has 0 amide bonds. The molecule has 1 saturated carbocycles. The van der Waals surface area contributed by atoms with E-state index in [0.717, 1.165) is 29.3 Å². The highest BCUT2D eigenvalue weighted by atomic mass is 14.7. The van der Waals surface area contributed by atoms with E-state index in [1.165, 1.54) is 18.4 Å². The molecular weight excluding hydrogens is 234 g/mol. The van der Waals surface area contributed by atoms with Gasteiger partial charge in [0.2, 0.25) is 0 Å². The SMILES string of the molecule is CC(N)C1(c2ccc3[nH]cc(C#N)c3c2)CCCC1. The van der Waals surface area contributed by atoms with Crippen molar-refractivity contribution in [3.05, 3.63) is 35.5 Å². The molecule has 3 nitrogen and oxygen atoms in total. The summed E-state index contributed by atoms with van der Waals surface area (Å²) in [6, 6.07) is 8.82. The number of nitrogens with zero attached hydrogens (tertiary/aromatic N) is 1. The van der Waals surface area contributed by atoms with E-state index < -0.39 is 0 Å². The molecule has 0 aliphatic heterocycles. The Labute approximate surface area is 113 Å². The number of rotatable bonds is 2. The first-order valence-electron chi connectivity index (χ1n) is 6.95. The molecule has 3 rings (SSSR count). The molecule has 1 atom stereocenters. The molecular formula is C16H19N3. The van der Waals surface area contributed by atoms with E-state index >= 15 is 0 Å². The normalized spacial score (nSPS) is 19.4. The van der Waals surface area contributed by atoms with Gasteiger partial charge in [-0.2, -0.15) is 5.26 Å². The second-order valence-corrected chi connectivity index (χ2v) is 5.73. The Morgan fingerprint density at radius 2 is 2.11 bits per heavy atom. The number of benzene rings is 1. The topological polar surface area (TPSA) is 65.6 Å². The van der Waals surface area contributed by atoms with Crippen LogP contribution in [0.25, 0.3) is 10.9 Å². The Kier molecular flexibility index (Phi) is 2.83. The zero-order valence-electron chi connectivity index (χ0n) is 11.2. The maximum atomic E-state index is 9.16. The van der Waals surface area contributed by atoms with Crippen LogP contribution in [0.1, 0.15) is 43.7 Å². The highest BCUT2D eigenvalue weighted by molar-refractivity contribution is 5.86. The molecule has 1 heterocycles. The first-order chi connectivity index (χ1) is 9.17. The predicted octanol–water partition coefficient (Wildman–Crippen LogP) is 3.20. The Morgan fingerprint density at radius 3 is 2.74 bits per heavy atom. The number of nitriles is 1. The molecule has 1 unspecified atom stereocenters. The summed E-state index contributed by atoms with van der Waals surface area (Å²) in [6.45, 7) is 2.11. The number of hydrogen-bond donors (Lipinski definition) is 2. The average molecular weight is 253 g/mol. The Hall–Kier alpha value is -1.79. The lowest BCUT2D eigenvalue weighted by Crippen LogP contribution is -2.41. The lowest BCUT2D eigenvalue weighted by molar-refractivity contribution is 0.369. The number of nitrogens with one attached hydrogen (secondary N) is 1. The van der Waals surface area contributed by atoms with Gasteiger partial charge in [-0.3, -0.25) is 0 Å². The van der Waals surface area contributed by atoms with Crippen LogP contribution in [0.5, 0.6) is 0 Å². The first-order valence-corrected chi connectivity index (χ1v) is 6.95. The molecule has 0 bridgehead atoms. The van der Waals surface area contributed by atoms with Crippen molar-refractivity contribution in [1.82, 2.24) is 4.98 Å². The molecule has 0 saturated heterocycles. The van der Waals surface area contributed by atoms with Gasteiger partial charge in [0.1, 0.15) is 6.07 Å². The number of fused-ring (bicyclic) bond motifs is 1. The zero-order chi connectivity index (χ0) is 13.5. The number of H-pyrrole nitrogens is 1. The second-order valence-electron chi connectivity index (χ2n) is 5.73. The van der Waals surface area contributed by atoms with E-state index in [1.807, 2.05) is 0 Å². The van der Waals surface area contributed by atoms with E-state index in [4.69, 9.17) is 11.0 Å². The van der Waals surface area contributed by atoms with Gasteiger partial charge in [-0.15, -0.1) is 0 Å². The van der Waals surface area contributed by atoms with Crippen LogP contribution in [0.2, 0.25) is 0 Å². The van der Waals surface area contributed by atoms with Gasteiger partial charge in [-0.25, -0.2) is 0 Å². The summed E-state index contributed by atoms with van der Waals surface area (Å²) >= 11 is 0. The molecule has 98 valence electrons. The molecule has 1 aliphatic rings. The maximum Gasteiger partial charge on any atom is 0.101 e. The van der Waals surface area contributed by atoms with Crippen molar-refractivity contribution in [1.29, 1.82) is 5.26 Å². The minimum absolute atomic E-state index is 0.0954.